The summed E-state index contributed by atoms with van der Waals surface area (Å²) in [6.45, 7) is 3.64. The molecule has 2 aromatic heterocycles. The van der Waals surface area contributed by atoms with E-state index in [2.05, 4.69) is 20.4 Å². The van der Waals surface area contributed by atoms with Crippen molar-refractivity contribution in [2.45, 2.75) is 19.6 Å². The third kappa shape index (κ3) is 6.16. The van der Waals surface area contributed by atoms with Crippen LogP contribution < -0.4 is 16.2 Å². The fourth-order valence-corrected chi connectivity index (χ4v) is 3.74. The van der Waals surface area contributed by atoms with Crippen molar-refractivity contribution in [1.29, 1.82) is 0 Å². The van der Waals surface area contributed by atoms with Crippen molar-refractivity contribution >= 4 is 28.3 Å². The topological polar surface area (TPSA) is 146 Å². The molecule has 6 N–H and O–H groups in total. The minimum atomic E-state index is -0.878. The van der Waals surface area contributed by atoms with Crippen LogP contribution in [0, 0.1) is 0 Å². The second kappa shape index (κ2) is 12.4. The number of hydrogen-bond donors (Lipinski definition) is 4. The van der Waals surface area contributed by atoms with Gasteiger partial charge in [-0.3, -0.25) is 0 Å². The number of hydrogen-bond acceptors (Lipinski definition) is 8. The highest BCUT2D eigenvalue weighted by Gasteiger charge is 2.25. The molecule has 0 radical (unpaired) electrons. The van der Waals surface area contributed by atoms with Gasteiger partial charge in [0, 0.05) is 34.3 Å². The van der Waals surface area contributed by atoms with Gasteiger partial charge in [-0.15, -0.1) is 5.10 Å². The molecule has 4 aromatic rings. The Bertz CT molecular complexity index is 1290. The largest absolute Gasteiger partial charge is 0.486 e. The van der Waals surface area contributed by atoms with Gasteiger partial charge in [0.15, 0.2) is 6.79 Å². The Kier molecular flexibility index (Phi) is 8.80. The van der Waals surface area contributed by atoms with Gasteiger partial charge < -0.3 is 35.4 Å². The van der Waals surface area contributed by atoms with E-state index in [0.29, 0.717) is 36.3 Å². The van der Waals surface area contributed by atoms with Crippen LogP contribution in [0.25, 0.3) is 16.7 Å². The lowest BCUT2D eigenvalue weighted by Crippen LogP contribution is -2.23. The molecule has 0 aliphatic carbocycles. The number of aromatic nitrogens is 4. The van der Waals surface area contributed by atoms with Crippen LogP contribution in [0.1, 0.15) is 29.8 Å². The zero-order valence-corrected chi connectivity index (χ0v) is 20.6. The van der Waals surface area contributed by atoms with E-state index in [1.807, 2.05) is 61.7 Å². The molecule has 1 atom stereocenters. The number of benzene rings is 2. The Morgan fingerprint density at radius 3 is 2.69 bits per heavy atom. The van der Waals surface area contributed by atoms with Crippen molar-refractivity contribution in [3.63, 3.8) is 0 Å². The first-order chi connectivity index (χ1) is 17.6. The van der Waals surface area contributed by atoms with Gasteiger partial charge in [-0.2, -0.15) is 10.3 Å². The highest BCUT2D eigenvalue weighted by atomic mass is 35.5. The number of rotatable bonds is 13. The standard InChI is InChI=1S/C25H29ClN6O4/c1-2-33-10-11-34-15-36-25-23(30-32-31-25)21(27)22(28)24(35-14-16-6-4-3-5-7-16)19-13-29-20-9-8-17(26)12-18(19)20/h3-9,12-13,21,29H,2,10-11,14-15,27-28H2,1H3,(H,30,31,32). The molecule has 0 bridgehead atoms. The van der Waals surface area contributed by atoms with Gasteiger partial charge in [-0.1, -0.05) is 41.9 Å². The summed E-state index contributed by atoms with van der Waals surface area (Å²) in [6, 6.07) is 14.4. The van der Waals surface area contributed by atoms with Crippen LogP contribution >= 0.6 is 11.6 Å². The zero-order chi connectivity index (χ0) is 25.3. The molecule has 0 aliphatic heterocycles. The molecule has 0 saturated heterocycles. The second-order valence-corrected chi connectivity index (χ2v) is 8.25. The highest BCUT2D eigenvalue weighted by molar-refractivity contribution is 6.31. The van der Waals surface area contributed by atoms with Gasteiger partial charge in [-0.25, -0.2) is 0 Å². The highest BCUT2D eigenvalue weighted by Crippen LogP contribution is 2.33. The van der Waals surface area contributed by atoms with E-state index in [0.717, 1.165) is 22.0 Å². The summed E-state index contributed by atoms with van der Waals surface area (Å²) < 4.78 is 22.5. The first kappa shape index (κ1) is 25.5. The van der Waals surface area contributed by atoms with Gasteiger partial charge in [0.2, 0.25) is 0 Å². The van der Waals surface area contributed by atoms with E-state index < -0.39 is 6.04 Å². The molecule has 0 amide bonds. The summed E-state index contributed by atoms with van der Waals surface area (Å²) in [5.74, 6) is 0.591. The maximum absolute atomic E-state index is 6.61. The van der Waals surface area contributed by atoms with Crippen LogP contribution in [-0.2, 0) is 20.8 Å². The van der Waals surface area contributed by atoms with Crippen molar-refractivity contribution in [3.05, 3.63) is 82.3 Å². The van der Waals surface area contributed by atoms with Gasteiger partial charge in [0.1, 0.15) is 18.1 Å². The third-order valence-corrected chi connectivity index (χ3v) is 5.64. The Balaban J connectivity index is 1.61. The first-order valence-corrected chi connectivity index (χ1v) is 11.8. The first-order valence-electron chi connectivity index (χ1n) is 11.5. The summed E-state index contributed by atoms with van der Waals surface area (Å²) in [5.41, 5.74) is 16.3. The van der Waals surface area contributed by atoms with Crippen molar-refractivity contribution in [2.24, 2.45) is 11.5 Å². The predicted octanol–water partition coefficient (Wildman–Crippen LogP) is 3.87. The van der Waals surface area contributed by atoms with E-state index in [1.165, 1.54) is 0 Å². The average Bonchev–Trinajstić information content (AvgIpc) is 3.53. The number of H-pyrrole nitrogens is 2. The van der Waals surface area contributed by atoms with Crippen molar-refractivity contribution < 1.29 is 18.9 Å². The maximum atomic E-state index is 6.61. The smallest absolute Gasteiger partial charge is 0.260 e. The average molecular weight is 513 g/mol. The van der Waals surface area contributed by atoms with E-state index >= 15 is 0 Å². The lowest BCUT2D eigenvalue weighted by atomic mass is 10.1. The summed E-state index contributed by atoms with van der Waals surface area (Å²) in [4.78, 5) is 3.23. The second-order valence-electron chi connectivity index (χ2n) is 7.81. The Hall–Kier alpha value is -3.57. The fraction of sp³-hybridized carbons (Fsp3) is 0.280. The Morgan fingerprint density at radius 1 is 1.08 bits per heavy atom. The SMILES string of the molecule is CCOCCOCOc1n[nH]nc1C(N)C(N)=C(OCc1ccccc1)c1c[nH]c2ccc(Cl)cc12. The van der Waals surface area contributed by atoms with Gasteiger partial charge in [0.05, 0.1) is 25.0 Å². The molecule has 0 fully saturated rings. The molecular formula is C25H29ClN6O4. The Labute approximate surface area is 213 Å². The predicted molar refractivity (Wildman–Crippen MR) is 137 cm³/mol. The monoisotopic (exact) mass is 512 g/mol. The molecule has 11 heteroatoms. The summed E-state index contributed by atoms with van der Waals surface area (Å²) in [6.07, 6.45) is 1.81. The molecule has 2 heterocycles. The maximum Gasteiger partial charge on any atom is 0.260 e. The van der Waals surface area contributed by atoms with Crippen molar-refractivity contribution in [2.75, 3.05) is 26.6 Å². The van der Waals surface area contributed by atoms with Crippen LogP contribution in [-0.4, -0.2) is 47.0 Å². The zero-order valence-electron chi connectivity index (χ0n) is 19.9. The molecule has 190 valence electrons. The van der Waals surface area contributed by atoms with Crippen LogP contribution in [0.15, 0.2) is 60.4 Å². The normalized spacial score (nSPS) is 13.0. The lowest BCUT2D eigenvalue weighted by Gasteiger charge is -2.18. The van der Waals surface area contributed by atoms with Crippen LogP contribution in [0.3, 0.4) is 0 Å². The molecule has 1 unspecified atom stereocenters. The summed E-state index contributed by atoms with van der Waals surface area (Å²) in [5, 5.41) is 12.2. The number of nitrogens with two attached hydrogens (primary N) is 2. The number of ether oxygens (including phenoxy) is 4. The number of nitrogens with one attached hydrogen (secondary N) is 2. The van der Waals surface area contributed by atoms with E-state index in [-0.39, 0.29) is 25.0 Å². The van der Waals surface area contributed by atoms with E-state index in [1.54, 1.807) is 0 Å². The van der Waals surface area contributed by atoms with Gasteiger partial charge in [-0.05, 0) is 30.7 Å². The van der Waals surface area contributed by atoms with Gasteiger partial charge in [0.25, 0.3) is 5.88 Å². The number of nitrogens with zero attached hydrogens (tertiary/aromatic N) is 2. The lowest BCUT2D eigenvalue weighted by molar-refractivity contribution is -0.0172. The number of halogens is 1. The molecule has 10 nitrogen and oxygen atoms in total. The third-order valence-electron chi connectivity index (χ3n) is 5.40. The molecule has 4 rings (SSSR count). The van der Waals surface area contributed by atoms with Crippen molar-refractivity contribution in [3.8, 4) is 5.88 Å². The summed E-state index contributed by atoms with van der Waals surface area (Å²) in [7, 11) is 0. The molecule has 2 aromatic carbocycles. The van der Waals surface area contributed by atoms with Crippen LogP contribution in [0.2, 0.25) is 5.02 Å². The molecule has 0 spiro atoms. The molecule has 0 aliphatic rings. The number of fused-ring (bicyclic) bond motifs is 1. The van der Waals surface area contributed by atoms with Crippen LogP contribution in [0.4, 0.5) is 0 Å². The summed E-state index contributed by atoms with van der Waals surface area (Å²) >= 11 is 6.27. The number of aromatic amines is 2. The fourth-order valence-electron chi connectivity index (χ4n) is 3.57. The minimum absolute atomic E-state index is 0.0404. The molecule has 36 heavy (non-hydrogen) atoms. The van der Waals surface area contributed by atoms with E-state index in [4.69, 9.17) is 42.0 Å². The molecule has 0 saturated carbocycles. The molecular weight excluding hydrogens is 484 g/mol. The quantitative estimate of drug-likeness (QED) is 0.120. The Morgan fingerprint density at radius 2 is 1.89 bits per heavy atom. The van der Waals surface area contributed by atoms with Crippen LogP contribution in [0.5, 0.6) is 5.88 Å². The van der Waals surface area contributed by atoms with Gasteiger partial charge >= 0.3 is 0 Å². The minimum Gasteiger partial charge on any atom is -0.486 e. The van der Waals surface area contributed by atoms with Crippen molar-refractivity contribution in [1.82, 2.24) is 20.4 Å². The van der Waals surface area contributed by atoms with E-state index in [9.17, 15) is 0 Å².